The van der Waals surface area contributed by atoms with Gasteiger partial charge in [-0.05, 0) is 80.5 Å². The number of ether oxygens (including phenoxy) is 1. The number of aliphatic hydroxyl groups excluding tert-OH is 1. The van der Waals surface area contributed by atoms with E-state index < -0.39 is 0 Å². The van der Waals surface area contributed by atoms with E-state index in [4.69, 9.17) is 4.74 Å². The molecule has 0 saturated carbocycles. The molecule has 1 heterocycles. The van der Waals surface area contributed by atoms with Gasteiger partial charge in [0, 0.05) is 19.0 Å². The topological polar surface area (TPSA) is 66.8 Å². The standard InChI is InChI=1S/C31H43NO4/c1-24(11-5-3-6-12-25-13-7-4-8-14-25)29(33)20-18-28-19-21-30(34)32(28)22-10-16-26-15-9-17-27(23-26)31(35)36-2/h4,7-9,13-15,17,23-24,28-29,33H,3,5-6,10-12,16,18-22H2,1-2H3/t24-,28?,29+/m0/s1. The highest BCUT2D eigenvalue weighted by molar-refractivity contribution is 5.89. The van der Waals surface area contributed by atoms with Gasteiger partial charge in [-0.2, -0.15) is 0 Å². The fraction of sp³-hybridized carbons (Fsp3) is 0.548. The molecule has 1 saturated heterocycles. The molecule has 1 aliphatic heterocycles. The molecule has 36 heavy (non-hydrogen) atoms. The SMILES string of the molecule is COC(=O)c1cccc(CCCN2C(=O)CCC2CC[C@@H](O)[C@@H](C)CCCCCc2ccccc2)c1. The number of unbranched alkanes of at least 4 members (excludes halogenated alkanes) is 2. The maximum atomic E-state index is 12.5. The van der Waals surface area contributed by atoms with Crippen LogP contribution in [-0.2, 0) is 22.4 Å². The first-order valence-corrected chi connectivity index (χ1v) is 13.7. The van der Waals surface area contributed by atoms with Gasteiger partial charge in [0.25, 0.3) is 0 Å². The molecule has 0 spiro atoms. The Bertz CT molecular complexity index is 945. The van der Waals surface area contributed by atoms with Crippen molar-refractivity contribution in [3.63, 3.8) is 0 Å². The van der Waals surface area contributed by atoms with Crippen LogP contribution in [0.15, 0.2) is 54.6 Å². The van der Waals surface area contributed by atoms with E-state index in [1.165, 1.54) is 25.5 Å². The Hall–Kier alpha value is -2.66. The maximum absolute atomic E-state index is 12.5. The third-order valence-corrected chi connectivity index (χ3v) is 7.59. The Labute approximate surface area is 216 Å². The summed E-state index contributed by atoms with van der Waals surface area (Å²) in [7, 11) is 1.39. The molecule has 2 aromatic carbocycles. The summed E-state index contributed by atoms with van der Waals surface area (Å²) in [5.41, 5.74) is 3.04. The molecule has 1 aliphatic rings. The maximum Gasteiger partial charge on any atom is 0.337 e. The molecule has 3 atom stereocenters. The van der Waals surface area contributed by atoms with E-state index in [0.29, 0.717) is 12.0 Å². The summed E-state index contributed by atoms with van der Waals surface area (Å²) in [4.78, 5) is 26.3. The quantitative estimate of drug-likeness (QED) is 0.245. The van der Waals surface area contributed by atoms with Crippen LogP contribution in [-0.4, -0.2) is 47.7 Å². The molecule has 1 unspecified atom stereocenters. The zero-order valence-electron chi connectivity index (χ0n) is 22.0. The molecule has 5 heteroatoms. The minimum atomic E-state index is -0.327. The van der Waals surface area contributed by atoms with E-state index >= 15 is 0 Å². The van der Waals surface area contributed by atoms with Crippen LogP contribution in [0.1, 0.15) is 86.2 Å². The lowest BCUT2D eigenvalue weighted by Crippen LogP contribution is -2.35. The summed E-state index contributed by atoms with van der Waals surface area (Å²) in [6.45, 7) is 2.88. The third-order valence-electron chi connectivity index (χ3n) is 7.59. The molecule has 1 fully saturated rings. The number of esters is 1. The Morgan fingerprint density at radius 2 is 1.75 bits per heavy atom. The van der Waals surface area contributed by atoms with Gasteiger partial charge in [-0.3, -0.25) is 4.79 Å². The molecule has 2 aromatic rings. The van der Waals surface area contributed by atoms with E-state index in [-0.39, 0.29) is 29.9 Å². The summed E-state index contributed by atoms with van der Waals surface area (Å²) in [5, 5.41) is 10.7. The number of carbonyl (C=O) groups is 2. The van der Waals surface area contributed by atoms with Gasteiger partial charge in [-0.15, -0.1) is 0 Å². The van der Waals surface area contributed by atoms with E-state index in [0.717, 1.165) is 63.5 Å². The van der Waals surface area contributed by atoms with E-state index in [1.807, 2.05) is 23.1 Å². The largest absolute Gasteiger partial charge is 0.465 e. The number of likely N-dealkylation sites (tertiary alicyclic amines) is 1. The average Bonchev–Trinajstić information content (AvgIpc) is 3.26. The minimum Gasteiger partial charge on any atom is -0.465 e. The van der Waals surface area contributed by atoms with Crippen LogP contribution in [0.25, 0.3) is 0 Å². The lowest BCUT2D eigenvalue weighted by molar-refractivity contribution is -0.129. The summed E-state index contributed by atoms with van der Waals surface area (Å²) in [6.07, 6.45) is 10.2. The zero-order chi connectivity index (χ0) is 25.8. The van der Waals surface area contributed by atoms with Crippen molar-refractivity contribution in [3.05, 3.63) is 71.3 Å². The van der Waals surface area contributed by atoms with Crippen molar-refractivity contribution in [1.82, 2.24) is 4.90 Å². The fourth-order valence-corrected chi connectivity index (χ4v) is 5.28. The Morgan fingerprint density at radius 3 is 2.53 bits per heavy atom. The van der Waals surface area contributed by atoms with Crippen LogP contribution in [0.2, 0.25) is 0 Å². The molecule has 3 rings (SSSR count). The predicted octanol–water partition coefficient (Wildman–Crippen LogP) is 5.98. The second kappa shape index (κ2) is 14.8. The predicted molar refractivity (Wildman–Crippen MR) is 144 cm³/mol. The van der Waals surface area contributed by atoms with Gasteiger partial charge in [0.15, 0.2) is 0 Å². The lowest BCUT2D eigenvalue weighted by Gasteiger charge is -2.27. The fourth-order valence-electron chi connectivity index (χ4n) is 5.28. The van der Waals surface area contributed by atoms with Crippen molar-refractivity contribution in [2.24, 2.45) is 5.92 Å². The first kappa shape index (κ1) is 27.9. The smallest absolute Gasteiger partial charge is 0.337 e. The van der Waals surface area contributed by atoms with Crippen LogP contribution < -0.4 is 0 Å². The molecule has 1 N–H and O–H groups in total. The zero-order valence-corrected chi connectivity index (χ0v) is 22.0. The molecule has 0 bridgehead atoms. The highest BCUT2D eigenvalue weighted by atomic mass is 16.5. The third kappa shape index (κ3) is 8.77. The number of aliphatic hydroxyl groups is 1. The number of carbonyl (C=O) groups excluding carboxylic acids is 2. The number of methoxy groups -OCH3 is 1. The first-order chi connectivity index (χ1) is 17.5. The van der Waals surface area contributed by atoms with E-state index in [9.17, 15) is 14.7 Å². The molecule has 0 aromatic heterocycles. The van der Waals surface area contributed by atoms with Gasteiger partial charge >= 0.3 is 5.97 Å². The number of hydrogen-bond donors (Lipinski definition) is 1. The number of hydrogen-bond acceptors (Lipinski definition) is 4. The normalized spacial score (nSPS) is 17.2. The summed E-state index contributed by atoms with van der Waals surface area (Å²) < 4.78 is 4.80. The average molecular weight is 494 g/mol. The van der Waals surface area contributed by atoms with Crippen molar-refractivity contribution in [1.29, 1.82) is 0 Å². The van der Waals surface area contributed by atoms with Crippen LogP contribution in [0.4, 0.5) is 0 Å². The second-order valence-corrected chi connectivity index (χ2v) is 10.3. The van der Waals surface area contributed by atoms with E-state index in [1.54, 1.807) is 6.07 Å². The van der Waals surface area contributed by atoms with Gasteiger partial charge in [0.05, 0.1) is 18.8 Å². The van der Waals surface area contributed by atoms with Crippen LogP contribution >= 0.6 is 0 Å². The summed E-state index contributed by atoms with van der Waals surface area (Å²) in [5.74, 6) is 0.185. The van der Waals surface area contributed by atoms with Crippen molar-refractivity contribution >= 4 is 11.9 Å². The molecular weight excluding hydrogens is 450 g/mol. The summed E-state index contributed by atoms with van der Waals surface area (Å²) >= 11 is 0. The molecule has 0 radical (unpaired) electrons. The Kier molecular flexibility index (Phi) is 11.5. The van der Waals surface area contributed by atoms with Crippen LogP contribution in [0, 0.1) is 5.92 Å². The Morgan fingerprint density at radius 1 is 1.00 bits per heavy atom. The first-order valence-electron chi connectivity index (χ1n) is 13.7. The van der Waals surface area contributed by atoms with Crippen LogP contribution in [0.5, 0.6) is 0 Å². The van der Waals surface area contributed by atoms with Crippen LogP contribution in [0.3, 0.4) is 0 Å². The van der Waals surface area contributed by atoms with Crippen molar-refractivity contribution in [2.45, 2.75) is 89.7 Å². The summed E-state index contributed by atoms with van der Waals surface area (Å²) in [6, 6.07) is 18.4. The molecule has 196 valence electrons. The van der Waals surface area contributed by atoms with Crippen molar-refractivity contribution < 1.29 is 19.4 Å². The molecule has 1 amide bonds. The van der Waals surface area contributed by atoms with Gasteiger partial charge in [0.2, 0.25) is 5.91 Å². The van der Waals surface area contributed by atoms with Gasteiger partial charge in [-0.1, -0.05) is 62.2 Å². The monoisotopic (exact) mass is 493 g/mol. The van der Waals surface area contributed by atoms with Gasteiger partial charge in [-0.25, -0.2) is 4.79 Å². The number of rotatable bonds is 15. The number of nitrogens with zero attached hydrogens (tertiary/aromatic N) is 1. The van der Waals surface area contributed by atoms with Gasteiger partial charge < -0.3 is 14.7 Å². The van der Waals surface area contributed by atoms with Crippen molar-refractivity contribution in [2.75, 3.05) is 13.7 Å². The molecule has 0 aliphatic carbocycles. The second-order valence-electron chi connectivity index (χ2n) is 10.3. The Balaban J connectivity index is 1.34. The highest BCUT2D eigenvalue weighted by Gasteiger charge is 2.31. The van der Waals surface area contributed by atoms with E-state index in [2.05, 4.69) is 37.3 Å². The molecular formula is C31H43NO4. The number of aryl methyl sites for hydroxylation is 2. The van der Waals surface area contributed by atoms with Crippen molar-refractivity contribution in [3.8, 4) is 0 Å². The minimum absolute atomic E-state index is 0.226. The number of benzene rings is 2. The van der Waals surface area contributed by atoms with Gasteiger partial charge in [0.1, 0.15) is 0 Å². The molecule has 5 nitrogen and oxygen atoms in total. The highest BCUT2D eigenvalue weighted by Crippen LogP contribution is 2.26. The lowest BCUT2D eigenvalue weighted by atomic mass is 9.92. The number of amides is 1.